The van der Waals surface area contributed by atoms with Gasteiger partial charge in [-0.05, 0) is 66.6 Å². The van der Waals surface area contributed by atoms with Crippen LogP contribution in [-0.2, 0) is 6.42 Å². The second kappa shape index (κ2) is 7.75. The van der Waals surface area contributed by atoms with Crippen molar-refractivity contribution in [2.75, 3.05) is 13.7 Å². The van der Waals surface area contributed by atoms with Gasteiger partial charge in [0, 0.05) is 16.6 Å². The summed E-state index contributed by atoms with van der Waals surface area (Å²) in [7, 11) is 1.69. The maximum atomic E-state index is 6.34. The van der Waals surface area contributed by atoms with Crippen molar-refractivity contribution in [3.05, 3.63) is 63.6 Å². The largest absolute Gasteiger partial charge is 0.496 e. The minimum Gasteiger partial charge on any atom is -0.496 e. The fourth-order valence-corrected chi connectivity index (χ4v) is 4.05. The molecule has 2 unspecified atom stereocenters. The lowest BCUT2D eigenvalue weighted by Crippen LogP contribution is -2.44. The number of rotatable bonds is 4. The van der Waals surface area contributed by atoms with E-state index in [4.69, 9.17) is 33.8 Å². The summed E-state index contributed by atoms with van der Waals surface area (Å²) < 4.78 is 5.50. The van der Waals surface area contributed by atoms with E-state index in [2.05, 4.69) is 6.07 Å². The van der Waals surface area contributed by atoms with Gasteiger partial charge >= 0.3 is 0 Å². The van der Waals surface area contributed by atoms with Crippen LogP contribution in [0.3, 0.4) is 0 Å². The number of ether oxygens (including phenoxy) is 1. The fraction of sp³-hybridized carbons (Fsp3) is 0.368. The Balaban J connectivity index is 1.91. The lowest BCUT2D eigenvalue weighted by atomic mass is 9.81. The molecule has 0 saturated carbocycles. The number of nitrogens with zero attached hydrogens (tertiary/aromatic N) is 1. The molecule has 1 heterocycles. The van der Waals surface area contributed by atoms with E-state index >= 15 is 0 Å². The zero-order valence-corrected chi connectivity index (χ0v) is 15.2. The van der Waals surface area contributed by atoms with Crippen molar-refractivity contribution >= 4 is 23.2 Å². The molecule has 0 aliphatic carbocycles. The first kappa shape index (κ1) is 17.6. The minimum atomic E-state index is 0.140. The van der Waals surface area contributed by atoms with Crippen LogP contribution in [0.5, 0.6) is 5.75 Å². The predicted molar refractivity (Wildman–Crippen MR) is 99.5 cm³/mol. The molecule has 0 spiro atoms. The van der Waals surface area contributed by atoms with Crippen molar-refractivity contribution < 1.29 is 4.74 Å². The summed E-state index contributed by atoms with van der Waals surface area (Å²) in [5.41, 5.74) is 2.29. The van der Waals surface area contributed by atoms with E-state index < -0.39 is 0 Å². The molecule has 128 valence electrons. The number of halogens is 2. The van der Waals surface area contributed by atoms with Crippen LogP contribution in [0.1, 0.15) is 30.0 Å². The van der Waals surface area contributed by atoms with Gasteiger partial charge in [0.2, 0.25) is 0 Å². The number of hydrogen-bond acceptors (Lipinski definition) is 3. The first-order chi connectivity index (χ1) is 11.6. The van der Waals surface area contributed by atoms with Crippen LogP contribution in [0.2, 0.25) is 10.0 Å². The number of piperidine rings is 1. The Morgan fingerprint density at radius 3 is 2.71 bits per heavy atom. The van der Waals surface area contributed by atoms with Gasteiger partial charge in [-0.15, -0.1) is 0 Å². The summed E-state index contributed by atoms with van der Waals surface area (Å²) >= 11 is 12.4. The standard InChI is InChI=1S/C19H22Cl2N2O/c1-24-18-8-7-17(21)12-15(18)10-13-5-3-9-23(22)19(13)14-4-2-6-16(20)11-14/h2,4,6-8,11-13,19H,3,5,9-10,22H2,1H3. The first-order valence-electron chi connectivity index (χ1n) is 8.17. The van der Waals surface area contributed by atoms with E-state index in [-0.39, 0.29) is 6.04 Å². The number of nitrogens with two attached hydrogens (primary N) is 1. The van der Waals surface area contributed by atoms with Crippen LogP contribution < -0.4 is 10.6 Å². The van der Waals surface area contributed by atoms with Crippen molar-refractivity contribution in [3.8, 4) is 5.75 Å². The second-order valence-corrected chi connectivity index (χ2v) is 7.17. The molecule has 2 atom stereocenters. The first-order valence-corrected chi connectivity index (χ1v) is 8.93. The summed E-state index contributed by atoms with van der Waals surface area (Å²) in [6.45, 7) is 0.889. The van der Waals surface area contributed by atoms with Crippen molar-refractivity contribution in [1.29, 1.82) is 0 Å². The molecule has 0 amide bonds. The predicted octanol–water partition coefficient (Wildman–Crippen LogP) is 4.87. The SMILES string of the molecule is COc1ccc(Cl)cc1CC1CCCN(N)C1c1cccc(Cl)c1. The summed E-state index contributed by atoms with van der Waals surface area (Å²) in [6, 6.07) is 13.9. The van der Waals surface area contributed by atoms with Crippen LogP contribution in [0, 0.1) is 5.92 Å². The van der Waals surface area contributed by atoms with Gasteiger partial charge in [0.05, 0.1) is 13.2 Å². The summed E-state index contributed by atoms with van der Waals surface area (Å²) in [6.07, 6.45) is 3.07. The van der Waals surface area contributed by atoms with Crippen LogP contribution in [-0.4, -0.2) is 18.7 Å². The zero-order chi connectivity index (χ0) is 17.1. The van der Waals surface area contributed by atoms with Crippen LogP contribution in [0.4, 0.5) is 0 Å². The highest BCUT2D eigenvalue weighted by molar-refractivity contribution is 6.30. The molecular formula is C19H22Cl2N2O. The Morgan fingerprint density at radius 1 is 1.17 bits per heavy atom. The van der Waals surface area contributed by atoms with Gasteiger partial charge in [-0.3, -0.25) is 5.84 Å². The van der Waals surface area contributed by atoms with E-state index in [1.165, 1.54) is 0 Å². The van der Waals surface area contributed by atoms with E-state index in [0.29, 0.717) is 5.92 Å². The van der Waals surface area contributed by atoms with Crippen LogP contribution in [0.25, 0.3) is 0 Å². The Hall–Kier alpha value is -1.26. The highest BCUT2D eigenvalue weighted by atomic mass is 35.5. The lowest BCUT2D eigenvalue weighted by molar-refractivity contribution is 0.0923. The molecule has 1 saturated heterocycles. The molecular weight excluding hydrogens is 343 g/mol. The van der Waals surface area contributed by atoms with E-state index in [1.54, 1.807) is 7.11 Å². The van der Waals surface area contributed by atoms with Gasteiger partial charge in [0.15, 0.2) is 0 Å². The smallest absolute Gasteiger partial charge is 0.122 e. The maximum Gasteiger partial charge on any atom is 0.122 e. The monoisotopic (exact) mass is 364 g/mol. The molecule has 0 aromatic heterocycles. The average molecular weight is 365 g/mol. The molecule has 2 N–H and O–H groups in total. The molecule has 0 radical (unpaired) electrons. The molecule has 0 bridgehead atoms. The topological polar surface area (TPSA) is 38.5 Å². The molecule has 24 heavy (non-hydrogen) atoms. The van der Waals surface area contributed by atoms with Crippen LogP contribution in [0.15, 0.2) is 42.5 Å². The van der Waals surface area contributed by atoms with E-state index in [1.807, 2.05) is 41.4 Å². The van der Waals surface area contributed by atoms with Gasteiger partial charge in [0.25, 0.3) is 0 Å². The van der Waals surface area contributed by atoms with Crippen LogP contribution >= 0.6 is 23.2 Å². The lowest BCUT2D eigenvalue weighted by Gasteiger charge is -2.39. The van der Waals surface area contributed by atoms with Gasteiger partial charge < -0.3 is 4.74 Å². The molecule has 1 aliphatic heterocycles. The van der Waals surface area contributed by atoms with Gasteiger partial charge in [-0.1, -0.05) is 35.3 Å². The molecule has 1 fully saturated rings. The average Bonchev–Trinajstić information content (AvgIpc) is 2.55. The van der Waals surface area contributed by atoms with Crippen molar-refractivity contribution in [3.63, 3.8) is 0 Å². The van der Waals surface area contributed by atoms with Crippen molar-refractivity contribution in [1.82, 2.24) is 5.01 Å². The molecule has 3 rings (SSSR count). The van der Waals surface area contributed by atoms with Crippen molar-refractivity contribution in [2.24, 2.45) is 11.8 Å². The third-order valence-electron chi connectivity index (χ3n) is 4.71. The van der Waals surface area contributed by atoms with Crippen molar-refractivity contribution in [2.45, 2.75) is 25.3 Å². The second-order valence-electron chi connectivity index (χ2n) is 6.30. The maximum absolute atomic E-state index is 6.34. The highest BCUT2D eigenvalue weighted by Gasteiger charge is 2.32. The van der Waals surface area contributed by atoms with E-state index in [9.17, 15) is 0 Å². The normalized spacial score (nSPS) is 21.7. The third-order valence-corrected chi connectivity index (χ3v) is 5.18. The molecule has 2 aromatic carbocycles. The quantitative estimate of drug-likeness (QED) is 0.786. The number of methoxy groups -OCH3 is 1. The molecule has 3 nitrogen and oxygen atoms in total. The van der Waals surface area contributed by atoms with E-state index in [0.717, 1.165) is 52.7 Å². The summed E-state index contributed by atoms with van der Waals surface area (Å²) in [5, 5.41) is 3.41. The Morgan fingerprint density at radius 2 is 1.96 bits per heavy atom. The summed E-state index contributed by atoms with van der Waals surface area (Å²) in [5.74, 6) is 7.60. The van der Waals surface area contributed by atoms with Gasteiger partial charge in [-0.2, -0.15) is 0 Å². The fourth-order valence-electron chi connectivity index (χ4n) is 3.66. The molecule has 5 heteroatoms. The van der Waals surface area contributed by atoms with Gasteiger partial charge in [0.1, 0.15) is 5.75 Å². The Labute approximate surface area is 153 Å². The third kappa shape index (κ3) is 3.86. The Kier molecular flexibility index (Phi) is 5.67. The number of hydrogen-bond donors (Lipinski definition) is 1. The minimum absolute atomic E-state index is 0.140. The Bertz CT molecular complexity index is 708. The highest BCUT2D eigenvalue weighted by Crippen LogP contribution is 2.38. The number of benzene rings is 2. The molecule has 1 aliphatic rings. The summed E-state index contributed by atoms with van der Waals surface area (Å²) in [4.78, 5) is 0. The zero-order valence-electron chi connectivity index (χ0n) is 13.7. The molecule has 2 aromatic rings. The van der Waals surface area contributed by atoms with Gasteiger partial charge in [-0.25, -0.2) is 5.01 Å². The number of hydrazine groups is 1.